The molecule has 1 aromatic heterocycles. The van der Waals surface area contributed by atoms with E-state index in [0.717, 1.165) is 22.2 Å². The van der Waals surface area contributed by atoms with Crippen molar-refractivity contribution in [1.82, 2.24) is 10.3 Å². The van der Waals surface area contributed by atoms with Crippen LogP contribution in [0.3, 0.4) is 0 Å². The number of fused-ring (bicyclic) bond motifs is 1. The second kappa shape index (κ2) is 5.91. The summed E-state index contributed by atoms with van der Waals surface area (Å²) in [6, 6.07) is 4.55. The fraction of sp³-hybridized carbons (Fsp3) is 0.471. The van der Waals surface area contributed by atoms with Crippen LogP contribution in [0, 0.1) is 18.7 Å². The van der Waals surface area contributed by atoms with E-state index in [-0.39, 0.29) is 31.0 Å². The number of nitrogens with one attached hydrogen (secondary N) is 2. The standard InChI is InChI=1S/C17H19F3N2O/c1-10-13(14-3-2-12(18)8-15(14)22-10)5-7-21-16(23)11-4-6-17(19,20)9-11/h2-3,8,11,22H,4-7,9H2,1H3,(H,21,23). The lowest BCUT2D eigenvalue weighted by Gasteiger charge is -2.11. The van der Waals surface area contributed by atoms with E-state index in [9.17, 15) is 18.0 Å². The minimum Gasteiger partial charge on any atom is -0.358 e. The van der Waals surface area contributed by atoms with E-state index in [0.29, 0.717) is 13.0 Å². The Morgan fingerprint density at radius 1 is 1.43 bits per heavy atom. The van der Waals surface area contributed by atoms with Gasteiger partial charge in [-0.05, 0) is 43.5 Å². The zero-order valence-electron chi connectivity index (χ0n) is 12.9. The van der Waals surface area contributed by atoms with Gasteiger partial charge in [-0.25, -0.2) is 13.2 Å². The molecule has 6 heteroatoms. The highest BCUT2D eigenvalue weighted by Crippen LogP contribution is 2.38. The van der Waals surface area contributed by atoms with Crippen molar-refractivity contribution < 1.29 is 18.0 Å². The minimum absolute atomic E-state index is 0.210. The van der Waals surface area contributed by atoms with Crippen molar-refractivity contribution in [2.75, 3.05) is 6.54 Å². The largest absolute Gasteiger partial charge is 0.358 e. The van der Waals surface area contributed by atoms with Gasteiger partial charge in [-0.15, -0.1) is 0 Å². The van der Waals surface area contributed by atoms with E-state index in [1.165, 1.54) is 12.1 Å². The second-order valence-corrected chi connectivity index (χ2v) is 6.26. The van der Waals surface area contributed by atoms with Gasteiger partial charge in [0.15, 0.2) is 0 Å². The summed E-state index contributed by atoms with van der Waals surface area (Å²) in [6.45, 7) is 2.28. The first-order valence-electron chi connectivity index (χ1n) is 7.78. The van der Waals surface area contributed by atoms with Crippen LogP contribution >= 0.6 is 0 Å². The highest BCUT2D eigenvalue weighted by Gasteiger charge is 2.42. The summed E-state index contributed by atoms with van der Waals surface area (Å²) < 4.78 is 39.5. The average Bonchev–Trinajstić information content (AvgIpc) is 2.98. The zero-order valence-corrected chi connectivity index (χ0v) is 12.9. The molecule has 1 aliphatic carbocycles. The first-order valence-corrected chi connectivity index (χ1v) is 7.78. The van der Waals surface area contributed by atoms with Gasteiger partial charge in [0.25, 0.3) is 0 Å². The molecule has 1 aromatic carbocycles. The topological polar surface area (TPSA) is 44.9 Å². The molecule has 0 radical (unpaired) electrons. The summed E-state index contributed by atoms with van der Waals surface area (Å²) in [6.07, 6.45) is 0.249. The van der Waals surface area contributed by atoms with Crippen LogP contribution in [0.15, 0.2) is 18.2 Å². The molecule has 0 spiro atoms. The molecule has 1 unspecified atom stereocenters. The summed E-state index contributed by atoms with van der Waals surface area (Å²) in [5.74, 6) is -3.91. The Bertz CT molecular complexity index is 739. The van der Waals surface area contributed by atoms with Gasteiger partial charge < -0.3 is 10.3 Å². The molecule has 3 rings (SSSR count). The lowest BCUT2D eigenvalue weighted by Crippen LogP contribution is -2.31. The maximum Gasteiger partial charge on any atom is 0.248 e. The van der Waals surface area contributed by atoms with Gasteiger partial charge in [0.05, 0.1) is 0 Å². The third-order valence-corrected chi connectivity index (χ3v) is 4.53. The first-order chi connectivity index (χ1) is 10.9. The van der Waals surface area contributed by atoms with E-state index >= 15 is 0 Å². The molecule has 2 aromatic rings. The first kappa shape index (κ1) is 15.9. The molecule has 1 atom stereocenters. The molecule has 3 nitrogen and oxygen atoms in total. The number of halogens is 3. The normalized spacial score (nSPS) is 20.1. The number of aromatic nitrogens is 1. The van der Waals surface area contributed by atoms with E-state index < -0.39 is 11.8 Å². The Morgan fingerprint density at radius 3 is 2.91 bits per heavy atom. The molecule has 0 saturated heterocycles. The lowest BCUT2D eigenvalue weighted by molar-refractivity contribution is -0.125. The molecule has 23 heavy (non-hydrogen) atoms. The number of amides is 1. The Hall–Kier alpha value is -1.98. The van der Waals surface area contributed by atoms with Crippen molar-refractivity contribution in [3.05, 3.63) is 35.3 Å². The Morgan fingerprint density at radius 2 is 2.22 bits per heavy atom. The van der Waals surface area contributed by atoms with Gasteiger partial charge in [-0.1, -0.05) is 0 Å². The van der Waals surface area contributed by atoms with Crippen molar-refractivity contribution in [3.8, 4) is 0 Å². The van der Waals surface area contributed by atoms with Crippen LogP contribution in [0.25, 0.3) is 10.9 Å². The van der Waals surface area contributed by atoms with Crippen molar-refractivity contribution in [2.45, 2.75) is 38.5 Å². The van der Waals surface area contributed by atoms with Gasteiger partial charge in [0, 0.05) is 41.9 Å². The van der Waals surface area contributed by atoms with Gasteiger partial charge in [0.1, 0.15) is 5.82 Å². The van der Waals surface area contributed by atoms with Crippen molar-refractivity contribution in [3.63, 3.8) is 0 Å². The molecule has 1 aliphatic rings. The molecular weight excluding hydrogens is 305 g/mol. The smallest absolute Gasteiger partial charge is 0.248 e. The van der Waals surface area contributed by atoms with E-state index in [2.05, 4.69) is 10.3 Å². The minimum atomic E-state index is -2.71. The van der Waals surface area contributed by atoms with Crippen LogP contribution in [0.1, 0.15) is 30.5 Å². The summed E-state index contributed by atoms with van der Waals surface area (Å²) >= 11 is 0. The zero-order chi connectivity index (χ0) is 16.6. The molecule has 1 saturated carbocycles. The quantitative estimate of drug-likeness (QED) is 0.885. The maximum absolute atomic E-state index is 13.2. The second-order valence-electron chi connectivity index (χ2n) is 6.26. The van der Waals surface area contributed by atoms with Crippen LogP contribution < -0.4 is 5.32 Å². The van der Waals surface area contributed by atoms with Crippen LogP contribution in [-0.2, 0) is 11.2 Å². The molecule has 1 amide bonds. The third kappa shape index (κ3) is 3.35. The highest BCUT2D eigenvalue weighted by molar-refractivity contribution is 5.85. The number of rotatable bonds is 4. The summed E-state index contributed by atoms with van der Waals surface area (Å²) in [4.78, 5) is 15.1. The van der Waals surface area contributed by atoms with E-state index in [1.54, 1.807) is 6.07 Å². The molecule has 1 fully saturated rings. The number of hydrogen-bond acceptors (Lipinski definition) is 1. The third-order valence-electron chi connectivity index (χ3n) is 4.53. The number of carbonyl (C=O) groups excluding carboxylic acids is 1. The fourth-order valence-electron chi connectivity index (χ4n) is 3.31. The van der Waals surface area contributed by atoms with Gasteiger partial charge in [-0.2, -0.15) is 0 Å². The SMILES string of the molecule is Cc1[nH]c2cc(F)ccc2c1CCNC(=O)C1CCC(F)(F)C1. The summed E-state index contributed by atoms with van der Waals surface area (Å²) in [7, 11) is 0. The number of H-pyrrole nitrogens is 1. The number of hydrogen-bond donors (Lipinski definition) is 2. The van der Waals surface area contributed by atoms with E-state index in [4.69, 9.17) is 0 Å². The summed E-state index contributed by atoms with van der Waals surface area (Å²) in [5, 5.41) is 3.67. The number of alkyl halides is 2. The van der Waals surface area contributed by atoms with Gasteiger partial charge in [-0.3, -0.25) is 4.79 Å². The average molecular weight is 324 g/mol. The van der Waals surface area contributed by atoms with Gasteiger partial charge in [0.2, 0.25) is 11.8 Å². The fourth-order valence-corrected chi connectivity index (χ4v) is 3.31. The predicted molar refractivity (Wildman–Crippen MR) is 82.0 cm³/mol. The van der Waals surface area contributed by atoms with Crippen LogP contribution in [0.4, 0.5) is 13.2 Å². The number of benzene rings is 1. The van der Waals surface area contributed by atoms with Gasteiger partial charge >= 0.3 is 0 Å². The van der Waals surface area contributed by atoms with Crippen LogP contribution in [-0.4, -0.2) is 23.4 Å². The molecule has 1 heterocycles. The monoisotopic (exact) mass is 324 g/mol. The molecule has 124 valence electrons. The predicted octanol–water partition coefficient (Wildman–Crippen LogP) is 3.71. The Labute approximate surface area is 132 Å². The van der Waals surface area contributed by atoms with Crippen molar-refractivity contribution >= 4 is 16.8 Å². The summed E-state index contributed by atoms with van der Waals surface area (Å²) in [5.41, 5.74) is 2.66. The lowest BCUT2D eigenvalue weighted by atomic mass is 10.1. The molecule has 0 bridgehead atoms. The van der Waals surface area contributed by atoms with Crippen LogP contribution in [0.5, 0.6) is 0 Å². The number of carbonyl (C=O) groups is 1. The Balaban J connectivity index is 1.61. The van der Waals surface area contributed by atoms with Crippen molar-refractivity contribution in [1.29, 1.82) is 0 Å². The van der Waals surface area contributed by atoms with Crippen molar-refractivity contribution in [2.24, 2.45) is 5.92 Å². The van der Waals surface area contributed by atoms with Crippen LogP contribution in [0.2, 0.25) is 0 Å². The molecular formula is C17H19F3N2O. The maximum atomic E-state index is 13.2. The number of aromatic amines is 1. The molecule has 0 aliphatic heterocycles. The van der Waals surface area contributed by atoms with E-state index in [1.807, 2.05) is 6.92 Å². The number of aryl methyl sites for hydroxylation is 1. The molecule has 2 N–H and O–H groups in total. The highest BCUT2D eigenvalue weighted by atomic mass is 19.3. The Kier molecular flexibility index (Phi) is 4.08.